The Hall–Kier alpha value is -1.86. The number of aromatic nitrogens is 1. The molecule has 0 spiro atoms. The summed E-state index contributed by atoms with van der Waals surface area (Å²) in [6.07, 6.45) is -3.35. The summed E-state index contributed by atoms with van der Waals surface area (Å²) in [4.78, 5) is 16.1. The molecule has 1 aromatic heterocycles. The van der Waals surface area contributed by atoms with Crippen molar-refractivity contribution >= 4 is 11.7 Å². The lowest BCUT2D eigenvalue weighted by Crippen LogP contribution is -2.28. The summed E-state index contributed by atoms with van der Waals surface area (Å²) in [6.45, 7) is -0.347. The SMILES string of the molecule is O=C1N[C@@H](CCF)CN1c1ccc(C(F)(F)F)nc1. The van der Waals surface area contributed by atoms with Crippen LogP contribution in [-0.4, -0.2) is 30.3 Å². The largest absolute Gasteiger partial charge is 0.433 e. The normalized spacial score (nSPS) is 19.7. The van der Waals surface area contributed by atoms with Gasteiger partial charge in [0.2, 0.25) is 0 Å². The zero-order chi connectivity index (χ0) is 14.0. The lowest BCUT2D eigenvalue weighted by molar-refractivity contribution is -0.141. The highest BCUT2D eigenvalue weighted by molar-refractivity contribution is 5.94. The van der Waals surface area contributed by atoms with E-state index in [0.29, 0.717) is 0 Å². The minimum Gasteiger partial charge on any atom is -0.333 e. The number of amides is 2. The van der Waals surface area contributed by atoms with E-state index in [1.807, 2.05) is 0 Å². The van der Waals surface area contributed by atoms with Gasteiger partial charge in [-0.25, -0.2) is 9.78 Å². The molecule has 0 saturated carbocycles. The summed E-state index contributed by atoms with van der Waals surface area (Å²) in [5.41, 5.74) is -0.761. The number of rotatable bonds is 3. The minimum absolute atomic E-state index is 0.177. The van der Waals surface area contributed by atoms with E-state index in [4.69, 9.17) is 0 Å². The Morgan fingerprint density at radius 2 is 2.16 bits per heavy atom. The molecule has 8 heteroatoms. The summed E-state index contributed by atoms with van der Waals surface area (Å²) in [5.74, 6) is 0. The first kappa shape index (κ1) is 13.6. The van der Waals surface area contributed by atoms with E-state index in [1.165, 1.54) is 11.0 Å². The Bertz CT molecular complexity index is 460. The second kappa shape index (κ2) is 5.02. The lowest BCUT2D eigenvalue weighted by Gasteiger charge is -2.15. The number of halogens is 4. The molecule has 0 bridgehead atoms. The first-order valence-corrected chi connectivity index (χ1v) is 5.59. The number of hydrogen-bond donors (Lipinski definition) is 1. The molecule has 0 aromatic carbocycles. The fourth-order valence-electron chi connectivity index (χ4n) is 1.83. The third kappa shape index (κ3) is 2.94. The molecule has 0 aliphatic carbocycles. The number of carbonyl (C=O) groups is 1. The number of alkyl halides is 4. The van der Waals surface area contributed by atoms with Gasteiger partial charge in [0.05, 0.1) is 24.6 Å². The van der Waals surface area contributed by atoms with E-state index in [0.717, 1.165) is 12.3 Å². The highest BCUT2D eigenvalue weighted by atomic mass is 19.4. The predicted octanol–water partition coefficient (Wildman–Crippen LogP) is 2.36. The van der Waals surface area contributed by atoms with Crippen LogP contribution < -0.4 is 10.2 Å². The smallest absolute Gasteiger partial charge is 0.333 e. The van der Waals surface area contributed by atoms with E-state index >= 15 is 0 Å². The standard InChI is InChI=1S/C11H11F4N3O/c12-4-3-7-6-18(10(19)17-7)8-1-2-9(16-5-8)11(13,14)15/h1-2,5,7H,3-4,6H2,(H,17,19)/t7-/m0/s1. The van der Waals surface area contributed by atoms with Crippen LogP contribution in [0.3, 0.4) is 0 Å². The molecule has 1 N–H and O–H groups in total. The van der Waals surface area contributed by atoms with Crippen LogP contribution in [0, 0.1) is 0 Å². The topological polar surface area (TPSA) is 45.2 Å². The van der Waals surface area contributed by atoms with Gasteiger partial charge < -0.3 is 5.32 Å². The maximum atomic E-state index is 12.3. The van der Waals surface area contributed by atoms with Gasteiger partial charge in [0.15, 0.2) is 0 Å². The first-order chi connectivity index (χ1) is 8.91. The van der Waals surface area contributed by atoms with Crippen LogP contribution in [0.15, 0.2) is 18.3 Å². The Balaban J connectivity index is 2.13. The van der Waals surface area contributed by atoms with Crippen molar-refractivity contribution in [3.8, 4) is 0 Å². The molecule has 104 valence electrons. The van der Waals surface area contributed by atoms with Crippen LogP contribution in [0.1, 0.15) is 12.1 Å². The summed E-state index contributed by atoms with van der Waals surface area (Å²) in [6, 6.07) is 1.19. The van der Waals surface area contributed by atoms with Gasteiger partial charge in [-0.15, -0.1) is 0 Å². The fourth-order valence-corrected chi connectivity index (χ4v) is 1.83. The van der Waals surface area contributed by atoms with Crippen molar-refractivity contribution in [2.75, 3.05) is 18.1 Å². The maximum absolute atomic E-state index is 12.3. The number of urea groups is 1. The van der Waals surface area contributed by atoms with Gasteiger partial charge in [-0.05, 0) is 18.6 Å². The number of nitrogens with one attached hydrogen (secondary N) is 1. The number of carbonyl (C=O) groups excluding carboxylic acids is 1. The molecule has 1 aromatic rings. The summed E-state index contributed by atoms with van der Waals surface area (Å²) >= 11 is 0. The Morgan fingerprint density at radius 3 is 2.68 bits per heavy atom. The summed E-state index contributed by atoms with van der Waals surface area (Å²) in [5, 5.41) is 2.55. The molecule has 1 fully saturated rings. The average Bonchev–Trinajstić information content (AvgIpc) is 2.70. The molecule has 2 rings (SSSR count). The molecule has 1 atom stereocenters. The number of pyridine rings is 1. The monoisotopic (exact) mass is 277 g/mol. The van der Waals surface area contributed by atoms with Crippen molar-refractivity contribution in [1.29, 1.82) is 0 Å². The second-order valence-corrected chi connectivity index (χ2v) is 4.13. The number of hydrogen-bond acceptors (Lipinski definition) is 2. The molecule has 0 radical (unpaired) electrons. The molecule has 2 amide bonds. The number of nitrogens with zero attached hydrogens (tertiary/aromatic N) is 2. The van der Waals surface area contributed by atoms with Gasteiger partial charge in [-0.3, -0.25) is 9.29 Å². The lowest BCUT2D eigenvalue weighted by atomic mass is 10.2. The molecule has 4 nitrogen and oxygen atoms in total. The van der Waals surface area contributed by atoms with Gasteiger partial charge in [0.1, 0.15) is 5.69 Å². The van der Waals surface area contributed by atoms with E-state index in [1.54, 1.807) is 0 Å². The molecule has 1 aliphatic rings. The van der Waals surface area contributed by atoms with Gasteiger partial charge in [-0.2, -0.15) is 13.2 Å². The summed E-state index contributed by atoms with van der Waals surface area (Å²) in [7, 11) is 0. The van der Waals surface area contributed by atoms with E-state index in [9.17, 15) is 22.4 Å². The third-order valence-corrected chi connectivity index (χ3v) is 2.78. The number of anilines is 1. The van der Waals surface area contributed by atoms with Crippen molar-refractivity contribution in [3.63, 3.8) is 0 Å². The molecular formula is C11H11F4N3O. The fraction of sp³-hybridized carbons (Fsp3) is 0.455. The van der Waals surface area contributed by atoms with Gasteiger partial charge in [-0.1, -0.05) is 0 Å². The van der Waals surface area contributed by atoms with Crippen LogP contribution in [0.25, 0.3) is 0 Å². The molecule has 1 saturated heterocycles. The van der Waals surface area contributed by atoms with Gasteiger partial charge in [0, 0.05) is 6.54 Å². The minimum atomic E-state index is -4.51. The maximum Gasteiger partial charge on any atom is 0.433 e. The van der Waals surface area contributed by atoms with Crippen molar-refractivity contribution in [1.82, 2.24) is 10.3 Å². The Morgan fingerprint density at radius 1 is 1.42 bits per heavy atom. The highest BCUT2D eigenvalue weighted by Crippen LogP contribution is 2.29. The summed E-state index contributed by atoms with van der Waals surface area (Å²) < 4.78 is 49.2. The Kier molecular flexibility index (Phi) is 3.59. The van der Waals surface area contributed by atoms with Crippen LogP contribution in [0.5, 0.6) is 0 Å². The van der Waals surface area contributed by atoms with E-state index in [-0.39, 0.29) is 24.7 Å². The van der Waals surface area contributed by atoms with E-state index in [2.05, 4.69) is 10.3 Å². The first-order valence-electron chi connectivity index (χ1n) is 5.59. The van der Waals surface area contributed by atoms with Crippen LogP contribution in [-0.2, 0) is 6.18 Å². The van der Waals surface area contributed by atoms with Gasteiger partial charge in [0.25, 0.3) is 0 Å². The molecular weight excluding hydrogens is 266 g/mol. The predicted molar refractivity (Wildman–Crippen MR) is 59.5 cm³/mol. The van der Waals surface area contributed by atoms with Crippen molar-refractivity contribution in [2.45, 2.75) is 18.6 Å². The van der Waals surface area contributed by atoms with Crippen LogP contribution in [0.2, 0.25) is 0 Å². The van der Waals surface area contributed by atoms with Gasteiger partial charge >= 0.3 is 12.2 Å². The van der Waals surface area contributed by atoms with Crippen molar-refractivity contribution < 1.29 is 22.4 Å². The van der Waals surface area contributed by atoms with E-state index < -0.39 is 24.6 Å². The third-order valence-electron chi connectivity index (χ3n) is 2.78. The molecule has 0 unspecified atom stereocenters. The highest BCUT2D eigenvalue weighted by Gasteiger charge is 2.33. The quantitative estimate of drug-likeness (QED) is 0.862. The molecule has 2 heterocycles. The average molecular weight is 277 g/mol. The van der Waals surface area contributed by atoms with Crippen molar-refractivity contribution in [3.05, 3.63) is 24.0 Å². The van der Waals surface area contributed by atoms with Crippen LogP contribution >= 0.6 is 0 Å². The molecule has 1 aliphatic heterocycles. The zero-order valence-electron chi connectivity index (χ0n) is 9.75. The van der Waals surface area contributed by atoms with Crippen LogP contribution in [0.4, 0.5) is 28.0 Å². The van der Waals surface area contributed by atoms with Crippen molar-refractivity contribution in [2.24, 2.45) is 0 Å². The Labute approximate surface area is 106 Å². The molecule has 19 heavy (non-hydrogen) atoms. The zero-order valence-corrected chi connectivity index (χ0v) is 9.75. The second-order valence-electron chi connectivity index (χ2n) is 4.13.